The van der Waals surface area contributed by atoms with Crippen molar-refractivity contribution in [2.45, 2.75) is 6.92 Å². The van der Waals surface area contributed by atoms with Crippen LogP contribution in [0.25, 0.3) is 0 Å². The summed E-state index contributed by atoms with van der Waals surface area (Å²) in [6.45, 7) is 1.46. The van der Waals surface area contributed by atoms with Gasteiger partial charge in [-0.15, -0.1) is 0 Å². The molecule has 124 valence electrons. The van der Waals surface area contributed by atoms with E-state index in [9.17, 15) is 14.9 Å². The Kier molecular flexibility index (Phi) is 6.02. The predicted molar refractivity (Wildman–Crippen MR) is 93.1 cm³/mol. The predicted octanol–water partition coefficient (Wildman–Crippen LogP) is 3.28. The summed E-state index contributed by atoms with van der Waals surface area (Å²) in [6, 6.07) is 13.1. The van der Waals surface area contributed by atoms with Gasteiger partial charge in [-0.3, -0.25) is 14.9 Å². The average Bonchev–Trinajstić information content (AvgIpc) is 2.59. The number of carbonyl (C=O) groups excluding carboxylic acids is 1. The fourth-order valence-electron chi connectivity index (χ4n) is 1.77. The molecule has 0 aromatic heterocycles. The highest BCUT2D eigenvalue weighted by Gasteiger charge is 2.08. The number of carbonyl (C=O) groups is 1. The molecule has 1 N–H and O–H groups in total. The molecule has 0 radical (unpaired) electrons. The van der Waals surface area contributed by atoms with Crippen molar-refractivity contribution in [3.05, 3.63) is 68.7 Å². The van der Waals surface area contributed by atoms with E-state index in [0.717, 1.165) is 4.47 Å². The van der Waals surface area contributed by atoms with Crippen molar-refractivity contribution < 1.29 is 14.5 Å². The molecule has 24 heavy (non-hydrogen) atoms. The van der Waals surface area contributed by atoms with Crippen LogP contribution in [0.15, 0.2) is 58.1 Å². The first-order valence-electron chi connectivity index (χ1n) is 6.92. The number of non-ortho nitro benzene ring substituents is 1. The molecular formula is C16H14BrN3O4. The van der Waals surface area contributed by atoms with Gasteiger partial charge in [0.1, 0.15) is 5.75 Å². The summed E-state index contributed by atoms with van der Waals surface area (Å²) in [5.41, 5.74) is 3.33. The number of nitrogens with zero attached hydrogens (tertiary/aromatic N) is 2. The van der Waals surface area contributed by atoms with Crippen LogP contribution in [0.1, 0.15) is 12.5 Å². The third-order valence-electron chi connectivity index (χ3n) is 3.01. The second-order valence-electron chi connectivity index (χ2n) is 4.78. The van der Waals surface area contributed by atoms with E-state index in [4.69, 9.17) is 4.74 Å². The molecule has 7 nitrogen and oxygen atoms in total. The molecule has 0 aliphatic rings. The van der Waals surface area contributed by atoms with Crippen LogP contribution in [0.2, 0.25) is 0 Å². The van der Waals surface area contributed by atoms with Crippen molar-refractivity contribution in [3.63, 3.8) is 0 Å². The number of nitro benzene ring substituents is 1. The van der Waals surface area contributed by atoms with Gasteiger partial charge in [-0.05, 0) is 31.2 Å². The molecule has 0 heterocycles. The van der Waals surface area contributed by atoms with Gasteiger partial charge < -0.3 is 4.74 Å². The SMILES string of the molecule is C/C(=N\NC(=O)COc1ccc(Br)cc1)c1cccc([N+](=O)[O-])c1. The van der Waals surface area contributed by atoms with Gasteiger partial charge in [0.05, 0.1) is 10.6 Å². The van der Waals surface area contributed by atoms with E-state index < -0.39 is 10.8 Å². The summed E-state index contributed by atoms with van der Waals surface area (Å²) in [7, 11) is 0. The Hall–Kier alpha value is -2.74. The molecule has 0 aliphatic heterocycles. The number of nitrogens with one attached hydrogen (secondary N) is 1. The number of halogens is 1. The monoisotopic (exact) mass is 391 g/mol. The molecule has 2 aromatic rings. The number of ether oxygens (including phenoxy) is 1. The summed E-state index contributed by atoms with van der Waals surface area (Å²) < 4.78 is 6.23. The van der Waals surface area contributed by atoms with Gasteiger partial charge in [-0.1, -0.05) is 28.1 Å². The number of hydrogen-bond acceptors (Lipinski definition) is 5. The molecular weight excluding hydrogens is 378 g/mol. The minimum atomic E-state index is -0.485. The Bertz CT molecular complexity index is 775. The quantitative estimate of drug-likeness (QED) is 0.464. The van der Waals surface area contributed by atoms with Crippen molar-refractivity contribution >= 4 is 33.2 Å². The molecule has 0 bridgehead atoms. The summed E-state index contributed by atoms with van der Waals surface area (Å²) in [4.78, 5) is 22.0. The third-order valence-corrected chi connectivity index (χ3v) is 3.54. The lowest BCUT2D eigenvalue weighted by molar-refractivity contribution is -0.384. The van der Waals surface area contributed by atoms with Crippen LogP contribution in [0, 0.1) is 10.1 Å². The van der Waals surface area contributed by atoms with Crippen LogP contribution in [0.5, 0.6) is 5.75 Å². The molecule has 0 saturated heterocycles. The Balaban J connectivity index is 1.91. The normalized spacial score (nSPS) is 11.0. The molecule has 0 saturated carbocycles. The van der Waals surface area contributed by atoms with Crippen molar-refractivity contribution in [1.82, 2.24) is 5.43 Å². The maximum Gasteiger partial charge on any atom is 0.277 e. The first-order chi connectivity index (χ1) is 11.5. The smallest absolute Gasteiger partial charge is 0.277 e. The zero-order chi connectivity index (χ0) is 17.5. The van der Waals surface area contributed by atoms with Crippen LogP contribution in [0.3, 0.4) is 0 Å². The van der Waals surface area contributed by atoms with Crippen LogP contribution in [-0.2, 0) is 4.79 Å². The van der Waals surface area contributed by atoms with E-state index in [-0.39, 0.29) is 12.3 Å². The second kappa shape index (κ2) is 8.21. The topological polar surface area (TPSA) is 93.8 Å². The summed E-state index contributed by atoms with van der Waals surface area (Å²) >= 11 is 3.31. The molecule has 1 amide bonds. The summed E-state index contributed by atoms with van der Waals surface area (Å²) in [5.74, 6) is 0.135. The molecule has 0 unspecified atom stereocenters. The first kappa shape index (κ1) is 17.6. The van der Waals surface area contributed by atoms with E-state index in [1.807, 2.05) is 0 Å². The summed E-state index contributed by atoms with van der Waals surface area (Å²) in [5, 5.41) is 14.7. The van der Waals surface area contributed by atoms with Gasteiger partial charge in [0.15, 0.2) is 6.61 Å². The van der Waals surface area contributed by atoms with E-state index in [1.165, 1.54) is 12.1 Å². The van der Waals surface area contributed by atoms with E-state index >= 15 is 0 Å². The van der Waals surface area contributed by atoms with Gasteiger partial charge in [0, 0.05) is 22.2 Å². The highest BCUT2D eigenvalue weighted by Crippen LogP contribution is 2.16. The lowest BCUT2D eigenvalue weighted by atomic mass is 10.1. The van der Waals surface area contributed by atoms with Crippen molar-refractivity contribution in [2.75, 3.05) is 6.61 Å². The fraction of sp³-hybridized carbons (Fsp3) is 0.125. The lowest BCUT2D eigenvalue weighted by Crippen LogP contribution is -2.25. The lowest BCUT2D eigenvalue weighted by Gasteiger charge is -2.06. The molecule has 2 aromatic carbocycles. The van der Waals surface area contributed by atoms with Crippen LogP contribution < -0.4 is 10.2 Å². The minimum absolute atomic E-state index is 0.0352. The number of nitro groups is 1. The zero-order valence-corrected chi connectivity index (χ0v) is 14.3. The van der Waals surface area contributed by atoms with E-state index in [2.05, 4.69) is 26.5 Å². The van der Waals surface area contributed by atoms with Gasteiger partial charge in [0.2, 0.25) is 0 Å². The van der Waals surface area contributed by atoms with Crippen molar-refractivity contribution in [2.24, 2.45) is 5.10 Å². The van der Waals surface area contributed by atoms with Gasteiger partial charge in [-0.25, -0.2) is 5.43 Å². The van der Waals surface area contributed by atoms with E-state index in [0.29, 0.717) is 17.0 Å². The van der Waals surface area contributed by atoms with Crippen LogP contribution in [-0.4, -0.2) is 23.1 Å². The number of hydrogen-bond donors (Lipinski definition) is 1. The van der Waals surface area contributed by atoms with Crippen LogP contribution in [0.4, 0.5) is 5.69 Å². The maximum absolute atomic E-state index is 11.7. The van der Waals surface area contributed by atoms with Gasteiger partial charge in [0.25, 0.3) is 11.6 Å². The molecule has 0 atom stereocenters. The van der Waals surface area contributed by atoms with Crippen molar-refractivity contribution in [1.29, 1.82) is 0 Å². The number of benzene rings is 2. The second-order valence-corrected chi connectivity index (χ2v) is 5.70. The highest BCUT2D eigenvalue weighted by molar-refractivity contribution is 9.10. The van der Waals surface area contributed by atoms with Gasteiger partial charge in [-0.2, -0.15) is 5.10 Å². The molecule has 0 spiro atoms. The third kappa shape index (κ3) is 5.17. The Morgan fingerprint density at radius 2 is 2.00 bits per heavy atom. The minimum Gasteiger partial charge on any atom is -0.484 e. The first-order valence-corrected chi connectivity index (χ1v) is 7.71. The standard InChI is InChI=1S/C16H14BrN3O4/c1-11(12-3-2-4-14(9-12)20(22)23)18-19-16(21)10-24-15-7-5-13(17)6-8-15/h2-9H,10H2,1H3,(H,19,21)/b18-11+. The Morgan fingerprint density at radius 1 is 1.29 bits per heavy atom. The van der Waals surface area contributed by atoms with Crippen molar-refractivity contribution in [3.8, 4) is 5.75 Å². The molecule has 0 fully saturated rings. The Labute approximate surface area is 146 Å². The average molecular weight is 392 g/mol. The maximum atomic E-state index is 11.7. The van der Waals surface area contributed by atoms with Crippen LogP contribution >= 0.6 is 15.9 Å². The fourth-order valence-corrected chi connectivity index (χ4v) is 2.03. The number of hydrazone groups is 1. The zero-order valence-electron chi connectivity index (χ0n) is 12.7. The number of amides is 1. The molecule has 2 rings (SSSR count). The number of rotatable bonds is 6. The molecule has 8 heteroatoms. The largest absolute Gasteiger partial charge is 0.484 e. The van der Waals surface area contributed by atoms with Gasteiger partial charge >= 0.3 is 0 Å². The Morgan fingerprint density at radius 3 is 2.67 bits per heavy atom. The van der Waals surface area contributed by atoms with E-state index in [1.54, 1.807) is 43.3 Å². The summed E-state index contributed by atoms with van der Waals surface area (Å²) in [6.07, 6.45) is 0. The molecule has 0 aliphatic carbocycles. The highest BCUT2D eigenvalue weighted by atomic mass is 79.9.